The van der Waals surface area contributed by atoms with Gasteiger partial charge in [0, 0.05) is 26.2 Å². The van der Waals surface area contributed by atoms with E-state index in [0.717, 1.165) is 12.0 Å². The number of hydrogen-bond donors (Lipinski definition) is 0. The zero-order valence-electron chi connectivity index (χ0n) is 16.5. The Balaban J connectivity index is 1.25. The van der Waals surface area contributed by atoms with Crippen molar-refractivity contribution in [3.05, 3.63) is 52.9 Å². The van der Waals surface area contributed by atoms with Crippen molar-refractivity contribution in [1.29, 1.82) is 0 Å². The summed E-state index contributed by atoms with van der Waals surface area (Å²) in [5.41, 5.74) is 2.38. The second kappa shape index (κ2) is 8.87. The lowest BCUT2D eigenvalue weighted by atomic mass is 9.98. The van der Waals surface area contributed by atoms with Crippen LogP contribution in [0.15, 0.2) is 46.0 Å². The quantitative estimate of drug-likeness (QED) is 0.656. The lowest BCUT2D eigenvalue weighted by Crippen LogP contribution is -2.41. The largest absolute Gasteiger partial charge is 0.455 e. The molecule has 1 fully saturated rings. The third-order valence-electron chi connectivity index (χ3n) is 5.70. The molecule has 0 atom stereocenters. The summed E-state index contributed by atoms with van der Waals surface area (Å²) in [7, 11) is -3.49. The van der Waals surface area contributed by atoms with Crippen molar-refractivity contribution < 1.29 is 22.7 Å². The van der Waals surface area contributed by atoms with E-state index in [9.17, 15) is 18.0 Å². The maximum Gasteiger partial charge on any atom is 0.309 e. The summed E-state index contributed by atoms with van der Waals surface area (Å²) in [6, 6.07) is 11.3. The van der Waals surface area contributed by atoms with E-state index in [4.69, 9.17) is 4.74 Å². The van der Waals surface area contributed by atoms with Gasteiger partial charge in [-0.3, -0.25) is 9.59 Å². The van der Waals surface area contributed by atoms with E-state index < -0.39 is 16.0 Å². The topological polar surface area (TPSA) is 84.0 Å². The molecule has 160 valence electrons. The average molecular weight is 449 g/mol. The number of sulfonamides is 1. The Morgan fingerprint density at radius 2 is 1.77 bits per heavy atom. The van der Waals surface area contributed by atoms with Crippen LogP contribution in [0.4, 0.5) is 0 Å². The average Bonchev–Trinajstić information content (AvgIpc) is 3.33. The molecule has 3 heterocycles. The van der Waals surface area contributed by atoms with Crippen LogP contribution in [-0.2, 0) is 37.3 Å². The first kappa shape index (κ1) is 21.0. The van der Waals surface area contributed by atoms with E-state index in [1.54, 1.807) is 22.4 Å². The van der Waals surface area contributed by atoms with Gasteiger partial charge < -0.3 is 9.64 Å². The van der Waals surface area contributed by atoms with Gasteiger partial charge in [-0.1, -0.05) is 30.3 Å². The second-order valence-electron chi connectivity index (χ2n) is 7.55. The molecule has 7 nitrogen and oxygen atoms in total. The number of amides is 1. The van der Waals surface area contributed by atoms with Crippen LogP contribution >= 0.6 is 11.3 Å². The van der Waals surface area contributed by atoms with E-state index in [1.807, 2.05) is 18.2 Å². The molecule has 0 saturated carbocycles. The third kappa shape index (κ3) is 4.43. The number of thiophene rings is 1. The fourth-order valence-corrected chi connectivity index (χ4v) is 6.53. The number of benzene rings is 1. The monoisotopic (exact) mass is 448 g/mol. The summed E-state index contributed by atoms with van der Waals surface area (Å²) in [5.74, 6) is -1.00. The van der Waals surface area contributed by atoms with Gasteiger partial charge in [-0.15, -0.1) is 11.3 Å². The van der Waals surface area contributed by atoms with E-state index in [0.29, 0.717) is 30.1 Å². The highest BCUT2D eigenvalue weighted by molar-refractivity contribution is 7.91. The molecule has 2 aliphatic heterocycles. The van der Waals surface area contributed by atoms with Gasteiger partial charge >= 0.3 is 5.97 Å². The zero-order valence-corrected chi connectivity index (χ0v) is 18.2. The Kier molecular flexibility index (Phi) is 6.21. The summed E-state index contributed by atoms with van der Waals surface area (Å²) in [6.45, 7) is 1.43. The molecule has 2 aliphatic rings. The number of carbonyl (C=O) groups excluding carboxylic acids is 2. The second-order valence-corrected chi connectivity index (χ2v) is 10.7. The van der Waals surface area contributed by atoms with E-state index in [1.165, 1.54) is 21.2 Å². The standard InChI is InChI=1S/C21H24N2O5S2/c24-19(22-10-7-16-4-1-2-5-18(16)14-22)15-28-21(25)17-8-11-23(12-9-17)30(26,27)20-6-3-13-29-20/h1-6,13,17H,7-12,14-15H2. The number of hydrogen-bond acceptors (Lipinski definition) is 6. The molecule has 1 amide bonds. The fourth-order valence-electron chi connectivity index (χ4n) is 3.92. The molecule has 0 radical (unpaired) electrons. The maximum absolute atomic E-state index is 12.6. The first-order chi connectivity index (χ1) is 14.4. The van der Waals surface area contributed by atoms with Gasteiger partial charge in [0.05, 0.1) is 5.92 Å². The molecule has 0 unspecified atom stereocenters. The molecule has 4 rings (SSSR count). The van der Waals surface area contributed by atoms with E-state index in [-0.39, 0.29) is 31.5 Å². The third-order valence-corrected chi connectivity index (χ3v) is 8.97. The highest BCUT2D eigenvalue weighted by atomic mass is 32.2. The predicted molar refractivity (Wildman–Crippen MR) is 112 cm³/mol. The van der Waals surface area contributed by atoms with Crippen molar-refractivity contribution in [3.8, 4) is 0 Å². The van der Waals surface area contributed by atoms with Crippen LogP contribution < -0.4 is 0 Å². The van der Waals surface area contributed by atoms with Crippen LogP contribution in [0, 0.1) is 5.92 Å². The van der Waals surface area contributed by atoms with Crippen LogP contribution in [0.3, 0.4) is 0 Å². The van der Waals surface area contributed by atoms with E-state index in [2.05, 4.69) is 6.07 Å². The number of carbonyl (C=O) groups is 2. The van der Waals surface area contributed by atoms with Crippen LogP contribution in [-0.4, -0.2) is 55.7 Å². The van der Waals surface area contributed by atoms with Crippen LogP contribution in [0.25, 0.3) is 0 Å². The Labute approximate surface area is 180 Å². The SMILES string of the molecule is O=C(OCC(=O)N1CCc2ccccc2C1)C1CCN(S(=O)(=O)c2cccs2)CC1. The Bertz CT molecular complexity index is 1010. The first-order valence-corrected chi connectivity index (χ1v) is 12.3. The summed E-state index contributed by atoms with van der Waals surface area (Å²) in [6.07, 6.45) is 1.59. The van der Waals surface area contributed by atoms with Crippen molar-refractivity contribution >= 4 is 33.2 Å². The molecule has 1 saturated heterocycles. The number of fused-ring (bicyclic) bond motifs is 1. The molecular formula is C21H24N2O5S2. The highest BCUT2D eigenvalue weighted by Gasteiger charge is 2.33. The molecule has 1 aromatic heterocycles. The van der Waals surface area contributed by atoms with Crippen molar-refractivity contribution in [1.82, 2.24) is 9.21 Å². The predicted octanol–water partition coefficient (Wildman–Crippen LogP) is 2.28. The van der Waals surface area contributed by atoms with Crippen molar-refractivity contribution in [2.45, 2.75) is 30.0 Å². The molecule has 30 heavy (non-hydrogen) atoms. The number of rotatable bonds is 5. The zero-order chi connectivity index (χ0) is 21.1. The fraction of sp³-hybridized carbons (Fsp3) is 0.429. The van der Waals surface area contributed by atoms with Crippen molar-refractivity contribution in [2.75, 3.05) is 26.2 Å². The molecule has 1 aromatic carbocycles. The lowest BCUT2D eigenvalue weighted by molar-refractivity contribution is -0.156. The maximum atomic E-state index is 12.6. The minimum Gasteiger partial charge on any atom is -0.455 e. The van der Waals surface area contributed by atoms with Crippen LogP contribution in [0.2, 0.25) is 0 Å². The van der Waals surface area contributed by atoms with E-state index >= 15 is 0 Å². The van der Waals surface area contributed by atoms with Gasteiger partial charge in [0.25, 0.3) is 15.9 Å². The Morgan fingerprint density at radius 1 is 1.03 bits per heavy atom. The normalized spacial score (nSPS) is 18.1. The lowest BCUT2D eigenvalue weighted by Gasteiger charge is -2.30. The van der Waals surface area contributed by atoms with Crippen LogP contribution in [0.5, 0.6) is 0 Å². The van der Waals surface area contributed by atoms with Gasteiger partial charge in [0.15, 0.2) is 6.61 Å². The number of piperidine rings is 1. The van der Waals surface area contributed by atoms with Crippen LogP contribution in [0.1, 0.15) is 24.0 Å². The summed E-state index contributed by atoms with van der Waals surface area (Å²) in [4.78, 5) is 26.6. The summed E-state index contributed by atoms with van der Waals surface area (Å²) >= 11 is 1.19. The molecule has 2 aromatic rings. The highest BCUT2D eigenvalue weighted by Crippen LogP contribution is 2.27. The Hall–Kier alpha value is -2.23. The minimum absolute atomic E-state index is 0.199. The molecule has 0 N–H and O–H groups in total. The smallest absolute Gasteiger partial charge is 0.309 e. The number of ether oxygens (including phenoxy) is 1. The molecule has 0 aliphatic carbocycles. The van der Waals surface area contributed by atoms with Gasteiger partial charge in [0.1, 0.15) is 4.21 Å². The van der Waals surface area contributed by atoms with Gasteiger partial charge in [0.2, 0.25) is 0 Å². The first-order valence-electron chi connectivity index (χ1n) is 10.00. The summed E-state index contributed by atoms with van der Waals surface area (Å²) in [5, 5.41) is 1.73. The van der Waals surface area contributed by atoms with Gasteiger partial charge in [-0.2, -0.15) is 4.31 Å². The van der Waals surface area contributed by atoms with Gasteiger partial charge in [-0.05, 0) is 41.8 Å². The number of esters is 1. The molecular weight excluding hydrogens is 424 g/mol. The summed E-state index contributed by atoms with van der Waals surface area (Å²) < 4.78 is 32.2. The molecule has 0 bridgehead atoms. The van der Waals surface area contributed by atoms with Gasteiger partial charge in [-0.25, -0.2) is 8.42 Å². The molecule has 9 heteroatoms. The van der Waals surface area contributed by atoms with Crippen molar-refractivity contribution in [2.24, 2.45) is 5.92 Å². The minimum atomic E-state index is -3.49. The molecule has 0 spiro atoms. The Morgan fingerprint density at radius 3 is 2.47 bits per heavy atom. The number of nitrogens with zero attached hydrogens (tertiary/aromatic N) is 2. The van der Waals surface area contributed by atoms with Crippen molar-refractivity contribution in [3.63, 3.8) is 0 Å².